The van der Waals surface area contributed by atoms with E-state index in [9.17, 15) is 0 Å². The van der Waals surface area contributed by atoms with Crippen LogP contribution in [0.25, 0.3) is 5.57 Å². The van der Waals surface area contributed by atoms with Crippen LogP contribution in [0.3, 0.4) is 0 Å². The van der Waals surface area contributed by atoms with Gasteiger partial charge in [0.15, 0.2) is 0 Å². The Bertz CT molecular complexity index is 330. The minimum Gasteiger partial charge on any atom is -0.0949 e. The normalized spacial score (nSPS) is 10.8. The van der Waals surface area contributed by atoms with Gasteiger partial charge in [0.1, 0.15) is 0 Å². The van der Waals surface area contributed by atoms with E-state index in [1.54, 1.807) is 0 Å². The molecule has 16 heavy (non-hydrogen) atoms. The Labute approximate surface area is 100 Å². The number of hydrogen-bond donors (Lipinski definition) is 0. The molecule has 0 aliphatic rings. The Hall–Kier alpha value is -1.04. The summed E-state index contributed by atoms with van der Waals surface area (Å²) in [6.45, 7) is 11.0. The predicted octanol–water partition coefficient (Wildman–Crippen LogP) is 5.22. The Morgan fingerprint density at radius 3 is 2.19 bits per heavy atom. The summed E-state index contributed by atoms with van der Waals surface area (Å²) < 4.78 is 0. The van der Waals surface area contributed by atoms with Gasteiger partial charge in [-0.15, -0.1) is 0 Å². The molecule has 0 spiro atoms. The van der Waals surface area contributed by atoms with Crippen molar-refractivity contribution in [1.29, 1.82) is 0 Å². The van der Waals surface area contributed by atoms with Crippen molar-refractivity contribution < 1.29 is 0 Å². The highest BCUT2D eigenvalue weighted by atomic mass is 14.2. The van der Waals surface area contributed by atoms with Crippen LogP contribution in [0.15, 0.2) is 30.8 Å². The molecule has 88 valence electrons. The lowest BCUT2D eigenvalue weighted by Crippen LogP contribution is -2.03. The second-order valence-electron chi connectivity index (χ2n) is 4.61. The molecule has 0 nitrogen and oxygen atoms in total. The van der Waals surface area contributed by atoms with E-state index in [0.717, 1.165) is 0 Å². The van der Waals surface area contributed by atoms with Crippen LogP contribution in [0.4, 0.5) is 0 Å². The SMILES string of the molecule is C=C(c1ccccc1C)C(CCC)CCC. The molecule has 0 saturated heterocycles. The third kappa shape index (κ3) is 3.23. The molecule has 0 aliphatic carbocycles. The molecule has 0 atom stereocenters. The van der Waals surface area contributed by atoms with Gasteiger partial charge in [-0.25, -0.2) is 0 Å². The molecule has 0 heterocycles. The first-order valence-electron chi connectivity index (χ1n) is 6.45. The van der Waals surface area contributed by atoms with Gasteiger partial charge in [0.25, 0.3) is 0 Å². The van der Waals surface area contributed by atoms with E-state index in [2.05, 4.69) is 51.6 Å². The summed E-state index contributed by atoms with van der Waals surface area (Å²) in [7, 11) is 0. The first-order valence-corrected chi connectivity index (χ1v) is 6.45. The van der Waals surface area contributed by atoms with Crippen molar-refractivity contribution >= 4 is 5.57 Å². The quantitative estimate of drug-likeness (QED) is 0.611. The summed E-state index contributed by atoms with van der Waals surface area (Å²) in [6.07, 6.45) is 5.02. The van der Waals surface area contributed by atoms with Crippen molar-refractivity contribution in [2.45, 2.75) is 46.5 Å². The highest BCUT2D eigenvalue weighted by Crippen LogP contribution is 2.30. The van der Waals surface area contributed by atoms with Gasteiger partial charge in [-0.3, -0.25) is 0 Å². The Morgan fingerprint density at radius 2 is 1.69 bits per heavy atom. The first-order chi connectivity index (χ1) is 7.70. The number of aryl methyl sites for hydroxylation is 1. The van der Waals surface area contributed by atoms with Crippen molar-refractivity contribution in [3.8, 4) is 0 Å². The molecule has 1 aromatic rings. The van der Waals surface area contributed by atoms with Crippen LogP contribution in [0.1, 0.15) is 50.7 Å². The fourth-order valence-electron chi connectivity index (χ4n) is 2.34. The van der Waals surface area contributed by atoms with Crippen molar-refractivity contribution in [3.63, 3.8) is 0 Å². The Morgan fingerprint density at radius 1 is 1.12 bits per heavy atom. The van der Waals surface area contributed by atoms with Crippen molar-refractivity contribution in [1.82, 2.24) is 0 Å². The summed E-state index contributed by atoms with van der Waals surface area (Å²) in [5.41, 5.74) is 4.04. The third-order valence-electron chi connectivity index (χ3n) is 3.26. The second-order valence-corrected chi connectivity index (χ2v) is 4.61. The molecule has 0 bridgehead atoms. The average Bonchev–Trinajstić information content (AvgIpc) is 2.28. The summed E-state index contributed by atoms with van der Waals surface area (Å²) in [5, 5.41) is 0. The van der Waals surface area contributed by atoms with Crippen LogP contribution >= 0.6 is 0 Å². The van der Waals surface area contributed by atoms with Crippen LogP contribution in [0.5, 0.6) is 0 Å². The number of hydrogen-bond acceptors (Lipinski definition) is 0. The van der Waals surface area contributed by atoms with Crippen molar-refractivity contribution in [3.05, 3.63) is 42.0 Å². The third-order valence-corrected chi connectivity index (χ3v) is 3.26. The monoisotopic (exact) mass is 216 g/mol. The minimum absolute atomic E-state index is 0.663. The van der Waals surface area contributed by atoms with Gasteiger partial charge in [0, 0.05) is 0 Å². The zero-order valence-electron chi connectivity index (χ0n) is 10.9. The fourth-order valence-corrected chi connectivity index (χ4v) is 2.34. The van der Waals surface area contributed by atoms with E-state index in [1.165, 1.54) is 42.4 Å². The van der Waals surface area contributed by atoms with E-state index < -0.39 is 0 Å². The van der Waals surface area contributed by atoms with Gasteiger partial charge in [0.2, 0.25) is 0 Å². The lowest BCUT2D eigenvalue weighted by molar-refractivity contribution is 0.544. The fraction of sp³-hybridized carbons (Fsp3) is 0.500. The van der Waals surface area contributed by atoms with Crippen LogP contribution in [0, 0.1) is 12.8 Å². The molecule has 0 unspecified atom stereocenters. The zero-order valence-corrected chi connectivity index (χ0v) is 10.9. The molecule has 0 radical (unpaired) electrons. The zero-order chi connectivity index (χ0) is 12.0. The van der Waals surface area contributed by atoms with E-state index in [4.69, 9.17) is 0 Å². The second kappa shape index (κ2) is 6.52. The number of rotatable bonds is 6. The standard InChI is InChI=1S/C16H24/c1-5-9-15(10-6-2)14(4)16-12-8-7-11-13(16)3/h7-8,11-12,15H,4-6,9-10H2,1-3H3. The lowest BCUT2D eigenvalue weighted by atomic mass is 9.85. The molecule has 0 aliphatic heterocycles. The van der Waals surface area contributed by atoms with Crippen LogP contribution < -0.4 is 0 Å². The summed E-state index contributed by atoms with van der Waals surface area (Å²) >= 11 is 0. The minimum atomic E-state index is 0.663. The molecule has 0 heteroatoms. The van der Waals surface area contributed by atoms with Gasteiger partial charge in [-0.2, -0.15) is 0 Å². The molecule has 1 aromatic carbocycles. The maximum Gasteiger partial charge on any atom is -0.0162 e. The topological polar surface area (TPSA) is 0 Å². The van der Waals surface area contributed by atoms with E-state index >= 15 is 0 Å². The van der Waals surface area contributed by atoms with Gasteiger partial charge < -0.3 is 0 Å². The predicted molar refractivity (Wildman–Crippen MR) is 73.5 cm³/mol. The molecule has 0 amide bonds. The van der Waals surface area contributed by atoms with E-state index in [-0.39, 0.29) is 0 Å². The molecular formula is C16H24. The first kappa shape index (κ1) is 13.0. The van der Waals surface area contributed by atoms with Crippen LogP contribution in [0.2, 0.25) is 0 Å². The molecule has 0 aromatic heterocycles. The summed E-state index contributed by atoms with van der Waals surface area (Å²) in [5.74, 6) is 0.663. The van der Waals surface area contributed by atoms with Gasteiger partial charge in [0.05, 0.1) is 0 Å². The molecule has 0 saturated carbocycles. The van der Waals surface area contributed by atoms with Crippen molar-refractivity contribution in [2.75, 3.05) is 0 Å². The molecule has 0 N–H and O–H groups in total. The average molecular weight is 216 g/mol. The number of benzene rings is 1. The summed E-state index contributed by atoms with van der Waals surface area (Å²) in [4.78, 5) is 0. The Kier molecular flexibility index (Phi) is 5.31. The van der Waals surface area contributed by atoms with Gasteiger partial charge in [-0.1, -0.05) is 57.5 Å². The number of allylic oxidation sites excluding steroid dienone is 1. The highest BCUT2D eigenvalue weighted by molar-refractivity contribution is 5.67. The molecular weight excluding hydrogens is 192 g/mol. The van der Waals surface area contributed by atoms with E-state index in [1.807, 2.05) is 0 Å². The molecule has 1 rings (SSSR count). The molecule has 0 fully saturated rings. The highest BCUT2D eigenvalue weighted by Gasteiger charge is 2.13. The smallest absolute Gasteiger partial charge is 0.0162 e. The van der Waals surface area contributed by atoms with E-state index in [0.29, 0.717) is 5.92 Å². The van der Waals surface area contributed by atoms with Crippen LogP contribution in [-0.2, 0) is 0 Å². The largest absolute Gasteiger partial charge is 0.0949 e. The lowest BCUT2D eigenvalue weighted by Gasteiger charge is -2.20. The maximum atomic E-state index is 4.32. The maximum absolute atomic E-state index is 4.32. The van der Waals surface area contributed by atoms with Crippen LogP contribution in [-0.4, -0.2) is 0 Å². The summed E-state index contributed by atoms with van der Waals surface area (Å²) in [6, 6.07) is 8.59. The Balaban J connectivity index is 2.85. The van der Waals surface area contributed by atoms with Gasteiger partial charge >= 0.3 is 0 Å². The van der Waals surface area contributed by atoms with Crippen molar-refractivity contribution in [2.24, 2.45) is 5.92 Å². The van der Waals surface area contributed by atoms with Gasteiger partial charge in [-0.05, 0) is 42.4 Å².